The van der Waals surface area contributed by atoms with E-state index >= 15 is 0 Å². The van der Waals surface area contributed by atoms with Crippen molar-refractivity contribution in [3.05, 3.63) is 36.5 Å². The van der Waals surface area contributed by atoms with Gasteiger partial charge < -0.3 is 10.1 Å². The van der Waals surface area contributed by atoms with Crippen molar-refractivity contribution in [2.24, 2.45) is 0 Å². The highest BCUT2D eigenvalue weighted by molar-refractivity contribution is 5.87. The first-order valence-corrected chi connectivity index (χ1v) is 4.30. The molecule has 0 radical (unpaired) electrons. The topological polar surface area (TPSA) is 38.3 Å². The van der Waals surface area contributed by atoms with Gasteiger partial charge in [0.2, 0.25) is 0 Å². The van der Waals surface area contributed by atoms with Crippen LogP contribution < -0.4 is 10.1 Å². The summed E-state index contributed by atoms with van der Waals surface area (Å²) in [4.78, 5) is 10.6. The average molecular weight is 191 g/mol. The van der Waals surface area contributed by atoms with Crippen molar-refractivity contribution in [1.82, 2.24) is 0 Å². The smallest absolute Gasteiger partial charge is 0.154 e. The molecule has 0 amide bonds. The summed E-state index contributed by atoms with van der Waals surface area (Å²) in [6.45, 7) is 1.50. The van der Waals surface area contributed by atoms with E-state index < -0.39 is 0 Å². The third kappa shape index (κ3) is 3.31. The summed E-state index contributed by atoms with van der Waals surface area (Å²) in [5.74, 6) is 0.798. The number of allylic oxidation sites excluding steroid dienone is 1. The molecule has 0 aliphatic heterocycles. The molecule has 0 bridgehead atoms. The Bertz CT molecular complexity index is 345. The molecule has 0 aliphatic carbocycles. The molecule has 0 saturated heterocycles. The Balaban J connectivity index is 2.63. The molecule has 3 heteroatoms. The number of benzene rings is 1. The first-order chi connectivity index (χ1) is 6.72. The summed E-state index contributed by atoms with van der Waals surface area (Å²) < 4.78 is 5.05. The number of carbonyl (C=O) groups is 1. The Morgan fingerprint density at radius 3 is 2.93 bits per heavy atom. The fourth-order valence-corrected chi connectivity index (χ4v) is 0.968. The van der Waals surface area contributed by atoms with Gasteiger partial charge in [0, 0.05) is 18.0 Å². The molecule has 0 heterocycles. The van der Waals surface area contributed by atoms with Crippen LogP contribution in [0.15, 0.2) is 36.5 Å². The van der Waals surface area contributed by atoms with Gasteiger partial charge in [-0.25, -0.2) is 0 Å². The largest absolute Gasteiger partial charge is 0.497 e. The summed E-state index contributed by atoms with van der Waals surface area (Å²) in [6, 6.07) is 7.49. The molecule has 1 rings (SSSR count). The molecule has 1 aromatic carbocycles. The molecule has 1 aromatic rings. The number of anilines is 1. The van der Waals surface area contributed by atoms with Crippen molar-refractivity contribution in [2.75, 3.05) is 12.4 Å². The molecule has 0 fully saturated rings. The van der Waals surface area contributed by atoms with Crippen LogP contribution in [0.5, 0.6) is 5.75 Å². The quantitative estimate of drug-likeness (QED) is 0.741. The van der Waals surface area contributed by atoms with Crippen LogP contribution in [0, 0.1) is 0 Å². The van der Waals surface area contributed by atoms with Gasteiger partial charge in [0.1, 0.15) is 5.75 Å². The van der Waals surface area contributed by atoms with Crippen LogP contribution >= 0.6 is 0 Å². The van der Waals surface area contributed by atoms with Gasteiger partial charge in [-0.15, -0.1) is 0 Å². The molecule has 0 saturated carbocycles. The predicted octanol–water partition coefficient (Wildman–Crippen LogP) is 2.21. The zero-order valence-electron chi connectivity index (χ0n) is 8.28. The summed E-state index contributed by atoms with van der Waals surface area (Å²) in [5, 5.41) is 2.97. The van der Waals surface area contributed by atoms with Crippen LogP contribution in [0.2, 0.25) is 0 Å². The fraction of sp³-hybridized carbons (Fsp3) is 0.182. The lowest BCUT2D eigenvalue weighted by Gasteiger charge is -2.03. The molecule has 0 spiro atoms. The number of nitrogens with one attached hydrogen (secondary N) is 1. The van der Waals surface area contributed by atoms with E-state index in [9.17, 15) is 4.79 Å². The van der Waals surface area contributed by atoms with E-state index in [1.807, 2.05) is 24.3 Å². The van der Waals surface area contributed by atoms with Gasteiger partial charge in [-0.1, -0.05) is 6.07 Å². The van der Waals surface area contributed by atoms with E-state index in [1.54, 1.807) is 13.3 Å². The van der Waals surface area contributed by atoms with Gasteiger partial charge >= 0.3 is 0 Å². The Morgan fingerprint density at radius 2 is 2.29 bits per heavy atom. The van der Waals surface area contributed by atoms with Gasteiger partial charge in [0.25, 0.3) is 0 Å². The second-order valence-electron chi connectivity index (χ2n) is 2.82. The molecule has 1 N–H and O–H groups in total. The average Bonchev–Trinajstić information content (AvgIpc) is 2.18. The third-order valence-electron chi connectivity index (χ3n) is 1.64. The minimum Gasteiger partial charge on any atom is -0.497 e. The van der Waals surface area contributed by atoms with Crippen molar-refractivity contribution in [3.8, 4) is 5.75 Å². The zero-order chi connectivity index (χ0) is 10.4. The van der Waals surface area contributed by atoms with E-state index in [-0.39, 0.29) is 5.78 Å². The summed E-state index contributed by atoms with van der Waals surface area (Å²) in [5.41, 5.74) is 0.891. The van der Waals surface area contributed by atoms with E-state index in [0.29, 0.717) is 0 Å². The number of methoxy groups -OCH3 is 1. The standard InChI is InChI=1S/C11H13NO2/c1-9(13)6-7-12-10-4-3-5-11(8-10)14-2/h3-8,12H,1-2H3/b7-6+. The monoisotopic (exact) mass is 191 g/mol. The van der Waals surface area contributed by atoms with Crippen molar-refractivity contribution in [1.29, 1.82) is 0 Å². The van der Waals surface area contributed by atoms with Gasteiger partial charge in [-0.05, 0) is 25.1 Å². The van der Waals surface area contributed by atoms with E-state index in [2.05, 4.69) is 5.32 Å². The Morgan fingerprint density at radius 1 is 1.50 bits per heavy atom. The maximum atomic E-state index is 10.6. The lowest BCUT2D eigenvalue weighted by molar-refractivity contribution is -0.112. The first-order valence-electron chi connectivity index (χ1n) is 4.30. The highest BCUT2D eigenvalue weighted by Gasteiger charge is 1.92. The molecule has 74 valence electrons. The van der Waals surface area contributed by atoms with E-state index in [4.69, 9.17) is 4.74 Å². The maximum Gasteiger partial charge on any atom is 0.154 e. The second-order valence-corrected chi connectivity index (χ2v) is 2.82. The molecule has 0 aromatic heterocycles. The Labute approximate surface area is 83.4 Å². The van der Waals surface area contributed by atoms with Gasteiger partial charge in [0.05, 0.1) is 7.11 Å². The molecule has 0 atom stereocenters. The normalized spacial score (nSPS) is 10.1. The summed E-state index contributed by atoms with van der Waals surface area (Å²) in [6.07, 6.45) is 3.08. The van der Waals surface area contributed by atoms with Crippen LogP contribution in [0.1, 0.15) is 6.92 Å². The molecule has 0 aliphatic rings. The van der Waals surface area contributed by atoms with Crippen LogP contribution in [0.4, 0.5) is 5.69 Å². The van der Waals surface area contributed by atoms with Crippen LogP contribution in [0.25, 0.3) is 0 Å². The lowest BCUT2D eigenvalue weighted by Crippen LogP contribution is -1.90. The minimum atomic E-state index is 0.0143. The van der Waals surface area contributed by atoms with Crippen LogP contribution in [0.3, 0.4) is 0 Å². The highest BCUT2D eigenvalue weighted by atomic mass is 16.5. The van der Waals surface area contributed by atoms with Crippen molar-refractivity contribution in [2.45, 2.75) is 6.92 Å². The molecule has 0 unspecified atom stereocenters. The number of rotatable bonds is 4. The molecular weight excluding hydrogens is 178 g/mol. The zero-order valence-corrected chi connectivity index (χ0v) is 8.28. The number of hydrogen-bond donors (Lipinski definition) is 1. The predicted molar refractivity (Wildman–Crippen MR) is 56.4 cm³/mol. The number of ketones is 1. The van der Waals surface area contributed by atoms with Crippen LogP contribution in [-0.4, -0.2) is 12.9 Å². The van der Waals surface area contributed by atoms with Crippen molar-refractivity contribution >= 4 is 11.5 Å². The van der Waals surface area contributed by atoms with Crippen LogP contribution in [-0.2, 0) is 4.79 Å². The summed E-state index contributed by atoms with van der Waals surface area (Å²) >= 11 is 0. The Kier molecular flexibility index (Phi) is 3.73. The van der Waals surface area contributed by atoms with Crippen molar-refractivity contribution < 1.29 is 9.53 Å². The Hall–Kier alpha value is -1.77. The fourth-order valence-electron chi connectivity index (χ4n) is 0.968. The second kappa shape index (κ2) is 5.07. The number of ether oxygens (including phenoxy) is 1. The summed E-state index contributed by atoms with van der Waals surface area (Å²) in [7, 11) is 1.62. The van der Waals surface area contributed by atoms with Crippen molar-refractivity contribution in [3.63, 3.8) is 0 Å². The van der Waals surface area contributed by atoms with E-state index in [0.717, 1.165) is 11.4 Å². The number of hydrogen-bond acceptors (Lipinski definition) is 3. The maximum absolute atomic E-state index is 10.6. The van der Waals surface area contributed by atoms with Gasteiger partial charge in [-0.3, -0.25) is 4.79 Å². The molecule has 14 heavy (non-hydrogen) atoms. The number of carbonyl (C=O) groups excluding carboxylic acids is 1. The first kappa shape index (κ1) is 10.3. The SMILES string of the molecule is COc1cccc(N/C=C/C(C)=O)c1. The van der Waals surface area contributed by atoms with E-state index in [1.165, 1.54) is 13.0 Å². The highest BCUT2D eigenvalue weighted by Crippen LogP contribution is 2.16. The molecule has 3 nitrogen and oxygen atoms in total. The van der Waals surface area contributed by atoms with Gasteiger partial charge in [0.15, 0.2) is 5.78 Å². The lowest BCUT2D eigenvalue weighted by atomic mass is 10.3. The third-order valence-corrected chi connectivity index (χ3v) is 1.64. The minimum absolute atomic E-state index is 0.0143. The van der Waals surface area contributed by atoms with Gasteiger partial charge in [-0.2, -0.15) is 0 Å². The molecular formula is C11H13NO2.